The molecule has 2 fully saturated rings. The lowest BCUT2D eigenvalue weighted by Crippen LogP contribution is -2.76. The van der Waals surface area contributed by atoms with Crippen LogP contribution in [0.4, 0.5) is 10.8 Å². The number of nitrogens with one attached hydrogen (secondary N) is 3. The van der Waals surface area contributed by atoms with E-state index in [0.29, 0.717) is 16.7 Å². The predicted molar refractivity (Wildman–Crippen MR) is 155 cm³/mol. The summed E-state index contributed by atoms with van der Waals surface area (Å²) in [5.41, 5.74) is 6.05. The van der Waals surface area contributed by atoms with Crippen LogP contribution in [-0.4, -0.2) is 98.2 Å². The molecular weight excluding hydrogens is 592 g/mol. The molecule has 42 heavy (non-hydrogen) atoms. The van der Waals surface area contributed by atoms with E-state index in [1.165, 1.54) is 19.2 Å². The number of ether oxygens (including phenoxy) is 1. The SMILES string of the molecule is CN=Cc1cc(OCCO/N=C(\C(=O)NC2C(=O)N(OS(=O)(=O)O)C2(C)C)c2csc(N)n2)ccc1NCC1CNC1. The quantitative estimate of drug-likeness (QED) is 0.0619. The summed E-state index contributed by atoms with van der Waals surface area (Å²) in [6, 6.07) is 4.39. The van der Waals surface area contributed by atoms with Crippen molar-refractivity contribution in [3.63, 3.8) is 0 Å². The van der Waals surface area contributed by atoms with E-state index in [1.54, 1.807) is 13.3 Å². The standard InChI is InChI=1S/C24H32N8O8S2/c1-24(2)20(22(34)32(24)40-42(35,36)37)30-21(33)19(18-13-41-23(25)29-18)31-39-7-6-38-16-4-5-17(15(8-16)12-26-3)28-11-14-9-27-10-14/h4-5,8,12-14,20,27-28H,6-7,9-11H2,1-3H3,(H2,25,29)(H,30,33)(H,35,36,37)/b26-12?,31-19-. The van der Waals surface area contributed by atoms with Crippen LogP contribution in [0.2, 0.25) is 0 Å². The monoisotopic (exact) mass is 624 g/mol. The molecule has 2 aliphatic heterocycles. The molecule has 0 bridgehead atoms. The number of hydroxylamine groups is 2. The van der Waals surface area contributed by atoms with Crippen LogP contribution >= 0.6 is 11.3 Å². The third kappa shape index (κ3) is 7.51. The number of aromatic nitrogens is 1. The Morgan fingerprint density at radius 2 is 2.12 bits per heavy atom. The minimum Gasteiger partial charge on any atom is -0.490 e. The van der Waals surface area contributed by atoms with E-state index in [-0.39, 0.29) is 29.8 Å². The van der Waals surface area contributed by atoms with Gasteiger partial charge in [0.05, 0.1) is 5.54 Å². The lowest BCUT2D eigenvalue weighted by Gasteiger charge is -2.50. The predicted octanol–water partition coefficient (Wildman–Crippen LogP) is 0.0450. The first-order valence-corrected chi connectivity index (χ1v) is 15.0. The number of nitrogens with two attached hydrogens (primary N) is 1. The maximum atomic E-state index is 13.1. The second-order valence-corrected chi connectivity index (χ2v) is 11.8. The molecule has 2 aromatic rings. The summed E-state index contributed by atoms with van der Waals surface area (Å²) < 4.78 is 41.1. The van der Waals surface area contributed by atoms with Crippen LogP contribution in [0.3, 0.4) is 0 Å². The molecule has 0 saturated carbocycles. The number of benzene rings is 1. The van der Waals surface area contributed by atoms with Crippen LogP contribution < -0.4 is 26.4 Å². The first-order valence-electron chi connectivity index (χ1n) is 12.8. The van der Waals surface area contributed by atoms with Crippen LogP contribution in [0.1, 0.15) is 25.1 Å². The minimum absolute atomic E-state index is 0.0356. The number of aliphatic imine (C=N–C) groups is 1. The van der Waals surface area contributed by atoms with Crippen LogP contribution in [0.25, 0.3) is 0 Å². The number of nitrogen functional groups attached to an aromatic ring is 1. The number of thiazole rings is 1. The van der Waals surface area contributed by atoms with Crippen molar-refractivity contribution in [1.82, 2.24) is 20.7 Å². The van der Waals surface area contributed by atoms with E-state index in [2.05, 4.69) is 35.4 Å². The first kappa shape index (κ1) is 31.1. The fraction of sp³-hybridized carbons (Fsp3) is 0.458. The van der Waals surface area contributed by atoms with Gasteiger partial charge in [-0.25, -0.2) is 4.98 Å². The lowest BCUT2D eigenvalue weighted by molar-refractivity contribution is -0.218. The molecule has 16 nitrogen and oxygen atoms in total. The summed E-state index contributed by atoms with van der Waals surface area (Å²) in [5, 5.41) is 15.2. The summed E-state index contributed by atoms with van der Waals surface area (Å²) in [7, 11) is -3.26. The third-order valence-corrected chi connectivity index (χ3v) is 7.45. The largest absolute Gasteiger partial charge is 0.490 e. The van der Waals surface area contributed by atoms with Gasteiger partial charge in [0.15, 0.2) is 17.5 Å². The van der Waals surface area contributed by atoms with Crippen molar-refractivity contribution in [2.45, 2.75) is 25.4 Å². The molecule has 1 atom stereocenters. The molecule has 2 saturated heterocycles. The minimum atomic E-state index is -4.94. The maximum absolute atomic E-state index is 13.1. The molecule has 0 radical (unpaired) electrons. The molecule has 1 unspecified atom stereocenters. The van der Waals surface area contributed by atoms with Gasteiger partial charge in [-0.2, -0.15) is 13.5 Å². The van der Waals surface area contributed by atoms with Gasteiger partial charge in [0, 0.05) is 55.4 Å². The molecule has 1 aromatic heterocycles. The molecular formula is C24H32N8O8S2. The van der Waals surface area contributed by atoms with Gasteiger partial charge in [-0.3, -0.25) is 19.1 Å². The fourth-order valence-corrected chi connectivity index (χ4v) is 5.11. The molecule has 1 aromatic carbocycles. The Hall–Kier alpha value is -3.84. The van der Waals surface area contributed by atoms with Crippen molar-refractivity contribution < 1.29 is 36.4 Å². The summed E-state index contributed by atoms with van der Waals surface area (Å²) >= 11 is 1.07. The first-order chi connectivity index (χ1) is 19.9. The zero-order valence-corrected chi connectivity index (χ0v) is 24.7. The van der Waals surface area contributed by atoms with E-state index < -0.39 is 33.8 Å². The van der Waals surface area contributed by atoms with Gasteiger partial charge < -0.3 is 31.3 Å². The Morgan fingerprint density at radius 1 is 1.36 bits per heavy atom. The highest BCUT2D eigenvalue weighted by molar-refractivity contribution is 7.80. The molecule has 0 aliphatic carbocycles. The van der Waals surface area contributed by atoms with Gasteiger partial charge in [-0.05, 0) is 32.0 Å². The average molecular weight is 625 g/mol. The Morgan fingerprint density at radius 3 is 2.71 bits per heavy atom. The number of carbonyl (C=O) groups excluding carboxylic acids is 2. The van der Waals surface area contributed by atoms with E-state index in [9.17, 15) is 18.0 Å². The number of rotatable bonds is 14. The Balaban J connectivity index is 1.36. The van der Waals surface area contributed by atoms with Crippen molar-refractivity contribution in [2.24, 2.45) is 16.1 Å². The third-order valence-electron chi connectivity index (χ3n) is 6.44. The summed E-state index contributed by atoms with van der Waals surface area (Å²) in [5.74, 6) is -0.553. The molecule has 3 heterocycles. The summed E-state index contributed by atoms with van der Waals surface area (Å²) in [4.78, 5) is 39.0. The second-order valence-electron chi connectivity index (χ2n) is 9.93. The number of amides is 2. The van der Waals surface area contributed by atoms with Crippen LogP contribution in [0.5, 0.6) is 5.75 Å². The number of hydrogen-bond acceptors (Lipinski definition) is 14. The van der Waals surface area contributed by atoms with E-state index in [4.69, 9.17) is 19.9 Å². The average Bonchev–Trinajstić information content (AvgIpc) is 3.33. The van der Waals surface area contributed by atoms with Gasteiger partial charge in [-0.15, -0.1) is 15.6 Å². The van der Waals surface area contributed by atoms with Gasteiger partial charge >= 0.3 is 10.4 Å². The van der Waals surface area contributed by atoms with Crippen molar-refractivity contribution in [3.8, 4) is 5.75 Å². The molecule has 4 rings (SSSR count). The van der Waals surface area contributed by atoms with E-state index >= 15 is 0 Å². The Labute approximate surface area is 246 Å². The van der Waals surface area contributed by atoms with E-state index in [1.807, 2.05) is 18.2 Å². The van der Waals surface area contributed by atoms with E-state index in [0.717, 1.165) is 42.2 Å². The summed E-state index contributed by atoms with van der Waals surface area (Å²) in [6.45, 7) is 5.77. The molecule has 2 aliphatic rings. The lowest BCUT2D eigenvalue weighted by atomic mass is 9.84. The van der Waals surface area contributed by atoms with Crippen LogP contribution in [-0.2, 0) is 29.1 Å². The molecule has 6 N–H and O–H groups in total. The highest BCUT2D eigenvalue weighted by Crippen LogP contribution is 2.33. The Bertz CT molecular complexity index is 1470. The maximum Gasteiger partial charge on any atom is 0.418 e. The number of β-lactam (4-membered cyclic amide) rings is 1. The van der Waals surface area contributed by atoms with Crippen molar-refractivity contribution in [1.29, 1.82) is 0 Å². The highest BCUT2D eigenvalue weighted by atomic mass is 32.3. The van der Waals surface area contributed by atoms with Crippen LogP contribution in [0.15, 0.2) is 33.7 Å². The normalized spacial score (nSPS) is 18.9. The summed E-state index contributed by atoms with van der Waals surface area (Å²) in [6.07, 6.45) is 1.74. The van der Waals surface area contributed by atoms with Gasteiger partial charge in [0.2, 0.25) is 0 Å². The number of nitrogens with zero attached hydrogens (tertiary/aromatic N) is 4. The van der Waals surface area contributed by atoms with Crippen molar-refractivity contribution in [3.05, 3.63) is 34.8 Å². The molecule has 2 amide bonds. The number of anilines is 2. The zero-order chi connectivity index (χ0) is 30.5. The molecule has 18 heteroatoms. The van der Waals surface area contributed by atoms with Crippen molar-refractivity contribution >= 4 is 56.3 Å². The van der Waals surface area contributed by atoms with Gasteiger partial charge in [-0.1, -0.05) is 5.16 Å². The van der Waals surface area contributed by atoms with Gasteiger partial charge in [0.1, 0.15) is 24.1 Å². The Kier molecular flexibility index (Phi) is 9.62. The number of carbonyl (C=O) groups is 2. The van der Waals surface area contributed by atoms with Crippen LogP contribution in [0, 0.1) is 5.92 Å². The highest BCUT2D eigenvalue weighted by Gasteiger charge is 2.58. The molecule has 228 valence electrons. The van der Waals surface area contributed by atoms with Gasteiger partial charge in [0.25, 0.3) is 11.8 Å². The molecule has 0 spiro atoms. The van der Waals surface area contributed by atoms with Crippen molar-refractivity contribution in [2.75, 3.05) is 50.9 Å². The zero-order valence-electron chi connectivity index (χ0n) is 23.1. The fourth-order valence-electron chi connectivity index (χ4n) is 4.11. The number of oxime groups is 1. The smallest absolute Gasteiger partial charge is 0.418 e. The number of hydrogen-bond donors (Lipinski definition) is 5. The topological polar surface area (TPSA) is 219 Å². The second kappa shape index (κ2) is 13.0.